The van der Waals surface area contributed by atoms with Gasteiger partial charge in [0, 0.05) is 53.6 Å². The number of carboxylic acids is 1. The van der Waals surface area contributed by atoms with Gasteiger partial charge in [-0.2, -0.15) is 0 Å². The van der Waals surface area contributed by atoms with E-state index in [1.165, 1.54) is 7.11 Å². The van der Waals surface area contributed by atoms with Crippen LogP contribution in [0, 0.1) is 23.7 Å². The Morgan fingerprint density at radius 3 is 2.38 bits per heavy atom. The van der Waals surface area contributed by atoms with Gasteiger partial charge in [0.1, 0.15) is 5.76 Å². The van der Waals surface area contributed by atoms with Crippen LogP contribution >= 0.6 is 0 Å². The molecule has 8 bridgehead atoms. The first-order valence-electron chi connectivity index (χ1n) is 16.7. The molecule has 1 unspecified atom stereocenters. The third kappa shape index (κ3) is 5.53. The van der Waals surface area contributed by atoms with Crippen molar-refractivity contribution in [3.8, 4) is 11.8 Å². The van der Waals surface area contributed by atoms with Crippen LogP contribution in [0.2, 0.25) is 0 Å². The summed E-state index contributed by atoms with van der Waals surface area (Å²) in [6.07, 6.45) is 6.97. The molecule has 5 heterocycles. The summed E-state index contributed by atoms with van der Waals surface area (Å²) in [5.41, 5.74) is 14.0. The number of hydrogen-bond donors (Lipinski definition) is 3. The summed E-state index contributed by atoms with van der Waals surface area (Å²) in [5.74, 6) is 5.23. The van der Waals surface area contributed by atoms with Crippen LogP contribution in [0.25, 0.3) is 0 Å². The Balaban J connectivity index is 1.65. The van der Waals surface area contributed by atoms with Gasteiger partial charge in [0.15, 0.2) is 0 Å². The number of methoxy groups -OCH3 is 1. The minimum absolute atomic E-state index is 0.0426. The van der Waals surface area contributed by atoms with Gasteiger partial charge in [0.2, 0.25) is 0 Å². The summed E-state index contributed by atoms with van der Waals surface area (Å²) in [6.45, 7) is 12.5. The number of esters is 1. The molecule has 3 N–H and O–H groups in total. The number of aliphatic imine (C=N–C) groups is 3. The molecular formula is C39H42N4O5. The lowest BCUT2D eigenvalue weighted by molar-refractivity contribution is -0.141. The number of carbonyl (C=O) groups is 2. The number of nitrogens with one attached hydrogen (secondary N) is 1. The summed E-state index contributed by atoms with van der Waals surface area (Å²) in [6, 6.07) is 0. The molecule has 1 fully saturated rings. The molecule has 48 heavy (non-hydrogen) atoms. The molecule has 5 aliphatic heterocycles. The summed E-state index contributed by atoms with van der Waals surface area (Å²) < 4.78 is 5.15. The average molecular weight is 647 g/mol. The number of aliphatic hydroxyl groups is 1. The van der Waals surface area contributed by atoms with E-state index in [1.54, 1.807) is 0 Å². The molecule has 6 aliphatic rings. The highest BCUT2D eigenvalue weighted by Crippen LogP contribution is 2.47. The van der Waals surface area contributed by atoms with Gasteiger partial charge in [-0.15, -0.1) is 0 Å². The lowest BCUT2D eigenvalue weighted by atomic mass is 9.85. The highest BCUT2D eigenvalue weighted by atomic mass is 16.5. The second kappa shape index (κ2) is 12.9. The zero-order valence-electron chi connectivity index (χ0n) is 28.7. The second-order valence-electron chi connectivity index (χ2n) is 12.9. The molecule has 1 aliphatic carbocycles. The van der Waals surface area contributed by atoms with Gasteiger partial charge in [-0.05, 0) is 80.1 Å². The number of aliphatic hydroxyl groups excluding tert-OH is 1. The smallest absolute Gasteiger partial charge is 0.306 e. The van der Waals surface area contributed by atoms with Crippen LogP contribution in [0.3, 0.4) is 0 Å². The number of unbranched alkanes of at least 4 members (excludes halogenated alkanes) is 1. The molecule has 0 radical (unpaired) electrons. The number of nitrogens with zero attached hydrogens (tertiary/aromatic N) is 3. The highest BCUT2D eigenvalue weighted by Gasteiger charge is 2.43. The third-order valence-electron chi connectivity index (χ3n) is 10.2. The van der Waals surface area contributed by atoms with Crippen molar-refractivity contribution in [2.24, 2.45) is 26.8 Å². The number of allylic oxidation sites excluding steroid dienone is 12. The Kier molecular flexibility index (Phi) is 8.86. The highest BCUT2D eigenvalue weighted by molar-refractivity contribution is 6.22. The number of aliphatic carboxylic acids is 1. The predicted octanol–water partition coefficient (Wildman–Crippen LogP) is 7.26. The molecule has 0 aromatic carbocycles. The van der Waals surface area contributed by atoms with Crippen LogP contribution in [0.15, 0.2) is 106 Å². The van der Waals surface area contributed by atoms with Gasteiger partial charge in [-0.1, -0.05) is 32.6 Å². The minimum atomic E-state index is -0.850. The van der Waals surface area contributed by atoms with Gasteiger partial charge >= 0.3 is 11.9 Å². The molecule has 0 aromatic heterocycles. The molecule has 0 aromatic rings. The van der Waals surface area contributed by atoms with Crippen LogP contribution < -0.4 is 5.32 Å². The molecule has 0 saturated carbocycles. The molecule has 1 saturated heterocycles. The van der Waals surface area contributed by atoms with E-state index in [4.69, 9.17) is 19.7 Å². The first-order chi connectivity index (χ1) is 23.0. The summed E-state index contributed by atoms with van der Waals surface area (Å²) in [5, 5.41) is 24.2. The Morgan fingerprint density at radius 2 is 1.69 bits per heavy atom. The average Bonchev–Trinajstić information content (AvgIpc) is 3.81. The van der Waals surface area contributed by atoms with E-state index in [9.17, 15) is 19.8 Å². The van der Waals surface area contributed by atoms with E-state index in [-0.39, 0.29) is 36.4 Å². The van der Waals surface area contributed by atoms with Crippen molar-refractivity contribution >= 4 is 29.1 Å². The lowest BCUT2D eigenvalue weighted by Crippen LogP contribution is -2.18. The Labute approximate surface area is 281 Å². The van der Waals surface area contributed by atoms with Crippen LogP contribution in [-0.2, 0) is 14.3 Å². The summed E-state index contributed by atoms with van der Waals surface area (Å²) >= 11 is 0. The normalized spacial score (nSPS) is 22.9. The number of ether oxygens (including phenoxy) is 1. The van der Waals surface area contributed by atoms with Gasteiger partial charge in [0.05, 0.1) is 53.3 Å². The third-order valence-corrected chi connectivity index (χ3v) is 10.2. The predicted molar refractivity (Wildman–Crippen MR) is 187 cm³/mol. The zero-order valence-corrected chi connectivity index (χ0v) is 28.7. The van der Waals surface area contributed by atoms with Gasteiger partial charge in [0.25, 0.3) is 0 Å². The van der Waals surface area contributed by atoms with E-state index < -0.39 is 5.97 Å². The van der Waals surface area contributed by atoms with Crippen molar-refractivity contribution in [1.29, 1.82) is 0 Å². The zero-order chi connectivity index (χ0) is 34.4. The first kappa shape index (κ1) is 33.0. The number of hydrogen-bond acceptors (Lipinski definition) is 8. The Morgan fingerprint density at radius 1 is 0.979 bits per heavy atom. The largest absolute Gasteiger partial charge is 0.511 e. The first-order valence-corrected chi connectivity index (χ1v) is 16.7. The molecule has 2 atom stereocenters. The van der Waals surface area contributed by atoms with Crippen molar-refractivity contribution in [2.75, 3.05) is 7.11 Å². The van der Waals surface area contributed by atoms with Crippen molar-refractivity contribution < 1.29 is 24.5 Å². The van der Waals surface area contributed by atoms with Crippen LogP contribution in [0.4, 0.5) is 0 Å². The van der Waals surface area contributed by atoms with E-state index in [0.29, 0.717) is 25.0 Å². The second-order valence-corrected chi connectivity index (χ2v) is 12.9. The Bertz CT molecular complexity index is 1970. The lowest BCUT2D eigenvalue weighted by Gasteiger charge is -2.17. The van der Waals surface area contributed by atoms with E-state index >= 15 is 0 Å². The molecule has 6 rings (SSSR count). The van der Waals surface area contributed by atoms with Crippen molar-refractivity contribution in [3.05, 3.63) is 91.0 Å². The van der Waals surface area contributed by atoms with Crippen LogP contribution in [0.5, 0.6) is 0 Å². The molecule has 9 nitrogen and oxygen atoms in total. The monoisotopic (exact) mass is 646 g/mol. The van der Waals surface area contributed by atoms with Crippen LogP contribution in [-0.4, -0.2) is 46.4 Å². The van der Waals surface area contributed by atoms with Gasteiger partial charge in [-0.25, -0.2) is 15.0 Å². The number of carboxylic acid groups (broad SMARTS) is 1. The number of rotatable bonds is 7. The maximum absolute atomic E-state index is 12.8. The maximum atomic E-state index is 12.8. The number of fused-ring (bicyclic) bond motifs is 5. The van der Waals surface area contributed by atoms with Crippen molar-refractivity contribution in [1.82, 2.24) is 5.32 Å². The van der Waals surface area contributed by atoms with Crippen molar-refractivity contribution in [2.45, 2.75) is 86.5 Å². The van der Waals surface area contributed by atoms with E-state index in [0.717, 1.165) is 97.3 Å². The van der Waals surface area contributed by atoms with E-state index in [1.807, 2.05) is 13.0 Å². The molecule has 0 amide bonds. The quantitative estimate of drug-likeness (QED) is 0.152. The minimum Gasteiger partial charge on any atom is -0.511 e. The fourth-order valence-corrected chi connectivity index (χ4v) is 7.52. The molecular weight excluding hydrogens is 604 g/mol. The molecule has 9 heteroatoms. The standard InChI is InChI=1S/C39H42N4O5/c1-8-23-19(3)28-17-31-24(9-2)20(4)36(42-31)25(13-11-10-12-14-33(45)46)37-21(5)26(16-34(47)48-7)38(43-37)27-15-32(44)35-22(6)29(41-39(27)35)18-30(23)40-28/h17-18,21,26,43-44H,8-10,12,14-16H2,1-7H3,(H,45,46)/t21-,26?/m0/s1. The fraction of sp³-hybridized carbons (Fsp3) is 0.410. The molecule has 248 valence electrons. The van der Waals surface area contributed by atoms with E-state index in [2.05, 4.69) is 57.9 Å². The number of carbonyl (C=O) groups excluding carboxylic acids is 1. The Hall–Kier alpha value is -4.97. The fourth-order valence-electron chi connectivity index (χ4n) is 7.52. The van der Waals surface area contributed by atoms with Crippen LogP contribution in [0.1, 0.15) is 86.5 Å². The summed E-state index contributed by atoms with van der Waals surface area (Å²) in [4.78, 5) is 39.4. The summed E-state index contributed by atoms with van der Waals surface area (Å²) in [7, 11) is 1.39. The molecule has 0 spiro atoms. The topological polar surface area (TPSA) is 133 Å². The SMILES string of the molecule is CCC1=C(C)C2=NC1=CC1=C(C)C3=C(O)CC(=C4NC(=C(C#CCCCC(=O)O)C5=NC(=C2)C(CC)=C5C)[C@@H](C)C4CC(=O)OC)C3=N1. The van der Waals surface area contributed by atoms with Gasteiger partial charge < -0.3 is 20.3 Å². The van der Waals surface area contributed by atoms with Gasteiger partial charge in [-0.3, -0.25) is 9.59 Å². The van der Waals surface area contributed by atoms with Crippen molar-refractivity contribution in [3.63, 3.8) is 0 Å². The maximum Gasteiger partial charge on any atom is 0.306 e.